The van der Waals surface area contributed by atoms with Gasteiger partial charge in [-0.1, -0.05) is 118 Å². The first kappa shape index (κ1) is 26.1. The van der Waals surface area contributed by atoms with Crippen molar-refractivity contribution in [1.29, 1.82) is 0 Å². The molecule has 0 saturated heterocycles. The number of hydrogen-bond donors (Lipinski definition) is 2. The molecule has 196 valence electrons. The lowest BCUT2D eigenvalue weighted by atomic mass is 9.59. The minimum absolute atomic E-state index is 0.0454. The Morgan fingerprint density at radius 1 is 0.605 bits per heavy atom. The molecule has 0 bridgehead atoms. The SMILES string of the molecule is CCCC(c1ccc(Cc2ccccc2N)cc1)(c1ccc(Cc2ccccc2N)cc1)C1CCCCC1. The topological polar surface area (TPSA) is 52.0 Å². The van der Waals surface area contributed by atoms with Gasteiger partial charge in [0.2, 0.25) is 0 Å². The molecule has 0 heterocycles. The Kier molecular flexibility index (Phi) is 8.17. The number of para-hydroxylation sites is 2. The Hall–Kier alpha value is -3.52. The molecular formula is C36H42N2. The standard InChI is InChI=1S/C36H42N2/c1-2-24-36(31-12-4-3-5-13-31,32-20-16-27(17-21-32)25-29-10-6-8-14-34(29)37)33-22-18-28(19-23-33)26-30-11-7-9-15-35(30)38/h6-11,14-23,31H,2-5,12-13,24-26,37-38H2,1H3. The minimum atomic E-state index is 0.0454. The Labute approximate surface area is 229 Å². The monoisotopic (exact) mass is 502 g/mol. The molecule has 4 N–H and O–H groups in total. The number of nitrogen functional groups attached to an aromatic ring is 2. The maximum atomic E-state index is 6.24. The van der Waals surface area contributed by atoms with Crippen molar-refractivity contribution in [1.82, 2.24) is 0 Å². The third-order valence-electron chi connectivity index (χ3n) is 8.78. The number of benzene rings is 4. The van der Waals surface area contributed by atoms with Gasteiger partial charge < -0.3 is 11.5 Å². The molecule has 0 spiro atoms. The summed E-state index contributed by atoms with van der Waals surface area (Å²) in [4.78, 5) is 0. The lowest BCUT2D eigenvalue weighted by molar-refractivity contribution is 0.224. The van der Waals surface area contributed by atoms with Crippen LogP contribution in [0, 0.1) is 5.92 Å². The van der Waals surface area contributed by atoms with E-state index in [1.165, 1.54) is 78.3 Å². The van der Waals surface area contributed by atoms with Gasteiger partial charge in [0.05, 0.1) is 0 Å². The zero-order valence-corrected chi connectivity index (χ0v) is 22.8. The van der Waals surface area contributed by atoms with E-state index in [2.05, 4.69) is 79.7 Å². The molecule has 0 atom stereocenters. The predicted octanol–water partition coefficient (Wildman–Crippen LogP) is 8.70. The molecule has 1 aliphatic carbocycles. The van der Waals surface area contributed by atoms with Gasteiger partial charge in [0.1, 0.15) is 0 Å². The van der Waals surface area contributed by atoms with Gasteiger partial charge in [0, 0.05) is 16.8 Å². The van der Waals surface area contributed by atoms with Crippen molar-refractivity contribution < 1.29 is 0 Å². The van der Waals surface area contributed by atoms with E-state index in [0.717, 1.165) is 24.2 Å². The molecule has 38 heavy (non-hydrogen) atoms. The van der Waals surface area contributed by atoms with Crippen LogP contribution in [0.5, 0.6) is 0 Å². The number of hydrogen-bond acceptors (Lipinski definition) is 2. The van der Waals surface area contributed by atoms with Gasteiger partial charge in [-0.15, -0.1) is 0 Å². The molecule has 4 aromatic carbocycles. The summed E-state index contributed by atoms with van der Waals surface area (Å²) in [6, 6.07) is 35.4. The first-order valence-electron chi connectivity index (χ1n) is 14.5. The van der Waals surface area contributed by atoms with Gasteiger partial charge >= 0.3 is 0 Å². The second kappa shape index (κ2) is 11.9. The van der Waals surface area contributed by atoms with Crippen molar-refractivity contribution in [2.75, 3.05) is 11.5 Å². The maximum absolute atomic E-state index is 6.24. The van der Waals surface area contributed by atoms with E-state index in [4.69, 9.17) is 11.5 Å². The van der Waals surface area contributed by atoms with Crippen LogP contribution in [0.2, 0.25) is 0 Å². The summed E-state index contributed by atoms with van der Waals surface area (Å²) in [5.41, 5.74) is 22.2. The molecular weight excluding hydrogens is 460 g/mol. The lowest BCUT2D eigenvalue weighted by Crippen LogP contribution is -2.38. The van der Waals surface area contributed by atoms with Gasteiger partial charge in [-0.3, -0.25) is 0 Å². The summed E-state index contributed by atoms with van der Waals surface area (Å²) in [5.74, 6) is 0.669. The zero-order chi connectivity index (χ0) is 26.4. The summed E-state index contributed by atoms with van der Waals surface area (Å²) in [7, 11) is 0. The van der Waals surface area contributed by atoms with Crippen LogP contribution >= 0.6 is 0 Å². The van der Waals surface area contributed by atoms with E-state index >= 15 is 0 Å². The average molecular weight is 503 g/mol. The second-order valence-corrected chi connectivity index (χ2v) is 11.2. The molecule has 1 fully saturated rings. The van der Waals surface area contributed by atoms with Crippen molar-refractivity contribution in [2.24, 2.45) is 5.92 Å². The summed E-state index contributed by atoms with van der Waals surface area (Å²) >= 11 is 0. The quantitative estimate of drug-likeness (QED) is 0.225. The molecule has 1 aliphatic rings. The Morgan fingerprint density at radius 3 is 1.47 bits per heavy atom. The smallest absolute Gasteiger partial charge is 0.0349 e. The molecule has 0 radical (unpaired) electrons. The van der Waals surface area contributed by atoms with E-state index < -0.39 is 0 Å². The Balaban J connectivity index is 1.49. The molecule has 2 heteroatoms. The fraction of sp³-hybridized carbons (Fsp3) is 0.333. The fourth-order valence-electron chi connectivity index (χ4n) is 6.79. The highest BCUT2D eigenvalue weighted by Gasteiger charge is 2.41. The van der Waals surface area contributed by atoms with E-state index in [1.54, 1.807) is 0 Å². The highest BCUT2D eigenvalue weighted by molar-refractivity contribution is 5.51. The van der Waals surface area contributed by atoms with E-state index in [1.807, 2.05) is 24.3 Å². The number of anilines is 2. The Bertz CT molecular complexity index is 1220. The van der Waals surface area contributed by atoms with Crippen LogP contribution in [0.1, 0.15) is 85.3 Å². The lowest BCUT2D eigenvalue weighted by Gasteiger charge is -2.44. The van der Waals surface area contributed by atoms with Gasteiger partial charge in [-0.2, -0.15) is 0 Å². The molecule has 0 unspecified atom stereocenters. The van der Waals surface area contributed by atoms with Crippen molar-refractivity contribution in [3.8, 4) is 0 Å². The third kappa shape index (κ3) is 5.50. The van der Waals surface area contributed by atoms with E-state index in [-0.39, 0.29) is 5.41 Å². The van der Waals surface area contributed by atoms with Crippen molar-refractivity contribution in [3.63, 3.8) is 0 Å². The minimum Gasteiger partial charge on any atom is -0.398 e. The van der Waals surface area contributed by atoms with Gasteiger partial charge in [-0.05, 0) is 83.5 Å². The van der Waals surface area contributed by atoms with Gasteiger partial charge in [-0.25, -0.2) is 0 Å². The highest BCUT2D eigenvalue weighted by Crippen LogP contribution is 2.49. The summed E-state index contributed by atoms with van der Waals surface area (Å²) in [6.07, 6.45) is 10.8. The molecule has 5 rings (SSSR count). The van der Waals surface area contributed by atoms with Crippen molar-refractivity contribution >= 4 is 11.4 Å². The number of nitrogens with two attached hydrogens (primary N) is 2. The van der Waals surface area contributed by atoms with Crippen molar-refractivity contribution in [3.05, 3.63) is 130 Å². The molecule has 0 amide bonds. The predicted molar refractivity (Wildman–Crippen MR) is 162 cm³/mol. The number of rotatable bonds is 9. The van der Waals surface area contributed by atoms with Gasteiger partial charge in [0.25, 0.3) is 0 Å². The van der Waals surface area contributed by atoms with E-state index in [0.29, 0.717) is 5.92 Å². The second-order valence-electron chi connectivity index (χ2n) is 11.2. The Morgan fingerprint density at radius 2 is 1.05 bits per heavy atom. The molecule has 0 aliphatic heterocycles. The normalized spacial score (nSPS) is 14.4. The average Bonchev–Trinajstić information content (AvgIpc) is 2.96. The summed E-state index contributed by atoms with van der Waals surface area (Å²) < 4.78 is 0. The summed E-state index contributed by atoms with van der Waals surface area (Å²) in [6.45, 7) is 2.34. The first-order chi connectivity index (χ1) is 18.6. The molecule has 2 nitrogen and oxygen atoms in total. The third-order valence-corrected chi connectivity index (χ3v) is 8.78. The summed E-state index contributed by atoms with van der Waals surface area (Å²) in [5, 5.41) is 0. The van der Waals surface area contributed by atoms with Crippen LogP contribution in [-0.2, 0) is 18.3 Å². The van der Waals surface area contributed by atoms with Gasteiger partial charge in [0.15, 0.2) is 0 Å². The molecule has 1 saturated carbocycles. The largest absolute Gasteiger partial charge is 0.398 e. The zero-order valence-electron chi connectivity index (χ0n) is 22.8. The van der Waals surface area contributed by atoms with Crippen LogP contribution in [-0.4, -0.2) is 0 Å². The van der Waals surface area contributed by atoms with Crippen LogP contribution in [0.4, 0.5) is 11.4 Å². The fourth-order valence-corrected chi connectivity index (χ4v) is 6.79. The van der Waals surface area contributed by atoms with Crippen LogP contribution < -0.4 is 11.5 Å². The van der Waals surface area contributed by atoms with Crippen LogP contribution in [0.15, 0.2) is 97.1 Å². The first-order valence-corrected chi connectivity index (χ1v) is 14.5. The molecule has 4 aromatic rings. The van der Waals surface area contributed by atoms with Crippen LogP contribution in [0.3, 0.4) is 0 Å². The van der Waals surface area contributed by atoms with Crippen LogP contribution in [0.25, 0.3) is 0 Å². The molecule has 0 aromatic heterocycles. The van der Waals surface area contributed by atoms with E-state index in [9.17, 15) is 0 Å². The highest BCUT2D eigenvalue weighted by atomic mass is 14.6. The maximum Gasteiger partial charge on any atom is 0.0349 e. The van der Waals surface area contributed by atoms with Crippen molar-refractivity contribution in [2.45, 2.75) is 70.1 Å².